The van der Waals surface area contributed by atoms with Crippen molar-refractivity contribution >= 4 is 12.0 Å². The Labute approximate surface area is 116 Å². The molecule has 0 aromatic heterocycles. The fraction of sp³-hybridized carbons (Fsp3) is 0.857. The Balaban J connectivity index is 4.45. The Hall–Kier alpha value is -1.26. The minimum atomic E-state index is -0.957. The van der Waals surface area contributed by atoms with Crippen molar-refractivity contribution < 1.29 is 14.7 Å². The Morgan fingerprint density at radius 2 is 1.89 bits per heavy atom. The van der Waals surface area contributed by atoms with E-state index in [4.69, 9.17) is 5.11 Å². The number of rotatable bonds is 9. The second kappa shape index (κ2) is 9.64. The molecule has 0 aromatic carbocycles. The van der Waals surface area contributed by atoms with E-state index in [0.717, 1.165) is 19.3 Å². The molecule has 0 heterocycles. The fourth-order valence-corrected chi connectivity index (χ4v) is 1.77. The topological polar surface area (TPSA) is 69.6 Å². The number of hydrogen-bond acceptors (Lipinski definition) is 2. The maximum Gasteiger partial charge on any atom is 0.326 e. The molecule has 19 heavy (non-hydrogen) atoms. The largest absolute Gasteiger partial charge is 0.480 e. The predicted molar refractivity (Wildman–Crippen MR) is 76.2 cm³/mol. The summed E-state index contributed by atoms with van der Waals surface area (Å²) in [6, 6.07) is -1.05. The number of amides is 2. The summed E-state index contributed by atoms with van der Waals surface area (Å²) in [5, 5.41) is 11.7. The highest BCUT2D eigenvalue weighted by Gasteiger charge is 2.22. The zero-order valence-corrected chi connectivity index (χ0v) is 12.6. The van der Waals surface area contributed by atoms with Crippen LogP contribution in [0.5, 0.6) is 0 Å². The fourth-order valence-electron chi connectivity index (χ4n) is 1.77. The van der Waals surface area contributed by atoms with E-state index in [0.29, 0.717) is 25.4 Å². The number of nitrogens with one attached hydrogen (secondary N) is 1. The van der Waals surface area contributed by atoms with Crippen LogP contribution in [0.25, 0.3) is 0 Å². The minimum Gasteiger partial charge on any atom is -0.480 e. The van der Waals surface area contributed by atoms with E-state index in [1.54, 1.807) is 4.90 Å². The van der Waals surface area contributed by atoms with Crippen LogP contribution in [-0.2, 0) is 4.79 Å². The summed E-state index contributed by atoms with van der Waals surface area (Å²) >= 11 is 0. The average Bonchev–Trinajstić information content (AvgIpc) is 2.39. The molecule has 0 aliphatic heterocycles. The predicted octanol–water partition coefficient (Wildman–Crippen LogP) is 2.71. The van der Waals surface area contributed by atoms with E-state index in [9.17, 15) is 9.59 Å². The van der Waals surface area contributed by atoms with Gasteiger partial charge in [-0.3, -0.25) is 0 Å². The van der Waals surface area contributed by atoms with Crippen molar-refractivity contribution in [2.24, 2.45) is 5.92 Å². The van der Waals surface area contributed by atoms with Crippen molar-refractivity contribution in [2.75, 3.05) is 13.1 Å². The Morgan fingerprint density at radius 1 is 1.26 bits per heavy atom. The summed E-state index contributed by atoms with van der Waals surface area (Å²) in [7, 11) is 0. The Morgan fingerprint density at radius 3 is 2.32 bits per heavy atom. The number of carbonyl (C=O) groups is 2. The Bertz CT molecular complexity index is 282. The molecule has 2 unspecified atom stereocenters. The third kappa shape index (κ3) is 7.03. The summed E-state index contributed by atoms with van der Waals surface area (Å²) < 4.78 is 0. The first kappa shape index (κ1) is 17.7. The van der Waals surface area contributed by atoms with Gasteiger partial charge >= 0.3 is 12.0 Å². The van der Waals surface area contributed by atoms with Gasteiger partial charge in [-0.1, -0.05) is 40.0 Å². The summed E-state index contributed by atoms with van der Waals surface area (Å²) in [5.41, 5.74) is 0. The van der Waals surface area contributed by atoms with E-state index < -0.39 is 12.0 Å². The second-order valence-electron chi connectivity index (χ2n) is 5.03. The molecule has 0 bridgehead atoms. The zero-order chi connectivity index (χ0) is 14.8. The van der Waals surface area contributed by atoms with Gasteiger partial charge in [-0.05, 0) is 19.3 Å². The van der Waals surface area contributed by atoms with Crippen LogP contribution in [0.4, 0.5) is 4.79 Å². The van der Waals surface area contributed by atoms with Gasteiger partial charge in [0.2, 0.25) is 0 Å². The number of nitrogens with zero attached hydrogens (tertiary/aromatic N) is 1. The highest BCUT2D eigenvalue weighted by atomic mass is 16.4. The molecule has 0 aliphatic rings. The average molecular weight is 272 g/mol. The summed E-state index contributed by atoms with van der Waals surface area (Å²) in [6.07, 6.45) is 3.21. The van der Waals surface area contributed by atoms with Crippen LogP contribution < -0.4 is 5.32 Å². The SMILES string of the molecule is CCCCC(NC(=O)N(CC)CC(C)CC)C(=O)O. The molecular formula is C14H28N2O3. The molecule has 5 heteroatoms. The molecule has 2 amide bonds. The summed E-state index contributed by atoms with van der Waals surface area (Å²) in [4.78, 5) is 24.8. The Kier molecular flexibility index (Phi) is 9.00. The third-order valence-electron chi connectivity index (χ3n) is 3.34. The molecule has 5 nitrogen and oxygen atoms in total. The lowest BCUT2D eigenvalue weighted by molar-refractivity contribution is -0.139. The van der Waals surface area contributed by atoms with Crippen LogP contribution in [0.15, 0.2) is 0 Å². The van der Waals surface area contributed by atoms with Crippen LogP contribution in [0.1, 0.15) is 53.4 Å². The molecule has 0 saturated carbocycles. The lowest BCUT2D eigenvalue weighted by atomic mass is 10.1. The van der Waals surface area contributed by atoms with Crippen molar-refractivity contribution in [3.63, 3.8) is 0 Å². The number of carboxylic acid groups (broad SMARTS) is 1. The van der Waals surface area contributed by atoms with Gasteiger partial charge in [-0.25, -0.2) is 9.59 Å². The molecule has 0 fully saturated rings. The standard InChI is InChI=1S/C14H28N2O3/c1-5-8-9-12(13(17)18)15-14(19)16(7-3)10-11(4)6-2/h11-12H,5-10H2,1-4H3,(H,15,19)(H,17,18). The van der Waals surface area contributed by atoms with Gasteiger partial charge in [0.15, 0.2) is 0 Å². The molecular weight excluding hydrogens is 244 g/mol. The van der Waals surface area contributed by atoms with E-state index in [1.165, 1.54) is 0 Å². The lowest BCUT2D eigenvalue weighted by Gasteiger charge is -2.26. The molecule has 112 valence electrons. The minimum absolute atomic E-state index is 0.272. The van der Waals surface area contributed by atoms with Gasteiger partial charge in [-0.15, -0.1) is 0 Å². The first-order valence-electron chi connectivity index (χ1n) is 7.24. The summed E-state index contributed by atoms with van der Waals surface area (Å²) in [6.45, 7) is 9.33. The number of carbonyl (C=O) groups excluding carboxylic acids is 1. The lowest BCUT2D eigenvalue weighted by Crippen LogP contribution is -2.48. The van der Waals surface area contributed by atoms with Crippen molar-refractivity contribution in [3.05, 3.63) is 0 Å². The maximum absolute atomic E-state index is 12.1. The van der Waals surface area contributed by atoms with E-state index >= 15 is 0 Å². The molecule has 0 spiro atoms. The first-order valence-corrected chi connectivity index (χ1v) is 7.24. The van der Waals surface area contributed by atoms with Crippen LogP contribution >= 0.6 is 0 Å². The quantitative estimate of drug-likeness (QED) is 0.678. The van der Waals surface area contributed by atoms with Crippen LogP contribution in [0, 0.1) is 5.92 Å². The van der Waals surface area contributed by atoms with E-state index in [1.807, 2.05) is 13.8 Å². The van der Waals surface area contributed by atoms with Gasteiger partial charge in [0.25, 0.3) is 0 Å². The van der Waals surface area contributed by atoms with Crippen molar-refractivity contribution in [2.45, 2.75) is 59.4 Å². The van der Waals surface area contributed by atoms with Gasteiger partial charge in [0.1, 0.15) is 6.04 Å². The van der Waals surface area contributed by atoms with Crippen LogP contribution in [-0.4, -0.2) is 41.1 Å². The number of aliphatic carboxylic acids is 1. The molecule has 0 saturated heterocycles. The van der Waals surface area contributed by atoms with Gasteiger partial charge < -0.3 is 15.3 Å². The molecule has 2 N–H and O–H groups in total. The highest BCUT2D eigenvalue weighted by molar-refractivity contribution is 5.82. The van der Waals surface area contributed by atoms with E-state index in [-0.39, 0.29) is 6.03 Å². The normalized spacial score (nSPS) is 13.7. The van der Waals surface area contributed by atoms with Crippen molar-refractivity contribution in [3.8, 4) is 0 Å². The maximum atomic E-state index is 12.1. The second-order valence-corrected chi connectivity index (χ2v) is 5.03. The first-order chi connectivity index (χ1) is 8.96. The molecule has 2 atom stereocenters. The summed E-state index contributed by atoms with van der Waals surface area (Å²) in [5.74, 6) is -0.536. The van der Waals surface area contributed by atoms with Crippen LogP contribution in [0.2, 0.25) is 0 Å². The van der Waals surface area contributed by atoms with Gasteiger partial charge in [0.05, 0.1) is 0 Å². The highest BCUT2D eigenvalue weighted by Crippen LogP contribution is 2.06. The molecule has 0 aromatic rings. The third-order valence-corrected chi connectivity index (χ3v) is 3.34. The monoisotopic (exact) mass is 272 g/mol. The van der Waals surface area contributed by atoms with Crippen LogP contribution in [0.3, 0.4) is 0 Å². The smallest absolute Gasteiger partial charge is 0.326 e. The van der Waals surface area contributed by atoms with Gasteiger partial charge in [0, 0.05) is 13.1 Å². The molecule has 0 rings (SSSR count). The number of urea groups is 1. The number of unbranched alkanes of at least 4 members (excludes halogenated alkanes) is 1. The van der Waals surface area contributed by atoms with Crippen molar-refractivity contribution in [1.29, 1.82) is 0 Å². The van der Waals surface area contributed by atoms with E-state index in [2.05, 4.69) is 19.2 Å². The molecule has 0 aliphatic carbocycles. The van der Waals surface area contributed by atoms with Crippen molar-refractivity contribution in [1.82, 2.24) is 10.2 Å². The molecule has 0 radical (unpaired) electrons. The number of hydrogen-bond donors (Lipinski definition) is 2. The zero-order valence-electron chi connectivity index (χ0n) is 12.6. The number of carboxylic acids is 1. The van der Waals surface area contributed by atoms with Gasteiger partial charge in [-0.2, -0.15) is 0 Å².